The molecule has 0 bridgehead atoms. The highest BCUT2D eigenvalue weighted by molar-refractivity contribution is 5.95. The summed E-state index contributed by atoms with van der Waals surface area (Å²) in [5.41, 5.74) is 4.85. The molecule has 2 aromatic rings. The van der Waals surface area contributed by atoms with Crippen LogP contribution in [0.15, 0.2) is 71.8 Å². The van der Waals surface area contributed by atoms with Gasteiger partial charge in [0.05, 0.1) is 14.2 Å². The van der Waals surface area contributed by atoms with Crippen LogP contribution in [0.5, 0.6) is 0 Å². The summed E-state index contributed by atoms with van der Waals surface area (Å²) in [4.78, 5) is 24.5. The fourth-order valence-electron chi connectivity index (χ4n) is 4.72. The third kappa shape index (κ3) is 4.12. The highest BCUT2D eigenvalue weighted by atomic mass is 16.5. The van der Waals surface area contributed by atoms with Gasteiger partial charge >= 0.3 is 11.9 Å². The van der Waals surface area contributed by atoms with E-state index in [1.807, 2.05) is 12.1 Å². The maximum atomic E-state index is 12.3. The van der Waals surface area contributed by atoms with Crippen molar-refractivity contribution in [3.8, 4) is 0 Å². The Morgan fingerprint density at radius 1 is 0.862 bits per heavy atom. The molecule has 0 radical (unpaired) electrons. The first-order valence-electron chi connectivity index (χ1n) is 9.94. The Kier molecular flexibility index (Phi) is 6.53. The van der Waals surface area contributed by atoms with Crippen molar-refractivity contribution >= 4 is 11.9 Å². The minimum atomic E-state index is -0.941. The number of carbonyl (C=O) groups is 2. The van der Waals surface area contributed by atoms with Crippen LogP contribution in [0.3, 0.4) is 0 Å². The maximum absolute atomic E-state index is 12.3. The average Bonchev–Trinajstić information content (AvgIpc) is 3.01. The molecule has 3 atom stereocenters. The van der Waals surface area contributed by atoms with Crippen molar-refractivity contribution in [1.29, 1.82) is 0 Å². The minimum absolute atomic E-state index is 0.180. The van der Waals surface area contributed by atoms with Crippen LogP contribution in [0, 0.1) is 11.8 Å². The Labute approximate surface area is 172 Å². The highest BCUT2D eigenvalue weighted by Gasteiger charge is 2.42. The minimum Gasteiger partial charge on any atom is -0.468 e. The summed E-state index contributed by atoms with van der Waals surface area (Å²) in [6.07, 6.45) is 0.318. The van der Waals surface area contributed by atoms with Gasteiger partial charge in [0, 0.05) is 11.8 Å². The molecule has 1 aliphatic rings. The van der Waals surface area contributed by atoms with E-state index in [0.29, 0.717) is 6.42 Å². The number of methoxy groups -OCH3 is 2. The van der Waals surface area contributed by atoms with Crippen LogP contribution in [-0.2, 0) is 19.1 Å². The van der Waals surface area contributed by atoms with Crippen LogP contribution >= 0.6 is 0 Å². The third-order valence-electron chi connectivity index (χ3n) is 6.16. The Morgan fingerprint density at radius 3 is 1.83 bits per heavy atom. The lowest BCUT2D eigenvalue weighted by Crippen LogP contribution is -2.27. The zero-order chi connectivity index (χ0) is 21.0. The molecule has 0 heterocycles. The predicted octanol–water partition coefficient (Wildman–Crippen LogP) is 4.87. The normalized spacial score (nSPS) is 21.3. The zero-order valence-corrected chi connectivity index (χ0v) is 17.4. The van der Waals surface area contributed by atoms with E-state index in [1.165, 1.54) is 30.9 Å². The van der Waals surface area contributed by atoms with Gasteiger partial charge in [0.2, 0.25) is 0 Å². The molecule has 0 N–H and O–H groups in total. The number of allylic oxidation sites excluding steroid dienone is 2. The van der Waals surface area contributed by atoms with Crippen LogP contribution < -0.4 is 0 Å². The van der Waals surface area contributed by atoms with E-state index in [9.17, 15) is 9.59 Å². The molecule has 4 heteroatoms. The summed E-state index contributed by atoms with van der Waals surface area (Å²) >= 11 is 0. The van der Waals surface area contributed by atoms with Gasteiger partial charge in [0.1, 0.15) is 0 Å². The van der Waals surface area contributed by atoms with E-state index in [1.54, 1.807) is 0 Å². The number of carbonyl (C=O) groups excluding carboxylic acids is 2. The first-order chi connectivity index (χ1) is 14.0. The first kappa shape index (κ1) is 20.8. The van der Waals surface area contributed by atoms with Crippen molar-refractivity contribution in [2.24, 2.45) is 11.8 Å². The molecular weight excluding hydrogens is 364 g/mol. The number of hydrogen-bond donors (Lipinski definition) is 0. The zero-order valence-electron chi connectivity index (χ0n) is 17.4. The van der Waals surface area contributed by atoms with Crippen molar-refractivity contribution in [3.63, 3.8) is 0 Å². The molecule has 2 aromatic carbocycles. The molecule has 0 fully saturated rings. The van der Waals surface area contributed by atoms with Crippen molar-refractivity contribution in [1.82, 2.24) is 0 Å². The summed E-state index contributed by atoms with van der Waals surface area (Å²) in [5.74, 6) is -1.43. The molecule has 0 saturated carbocycles. The van der Waals surface area contributed by atoms with E-state index in [4.69, 9.17) is 9.47 Å². The molecule has 152 valence electrons. The second-order valence-corrected chi connectivity index (χ2v) is 7.62. The predicted molar refractivity (Wildman–Crippen MR) is 112 cm³/mol. The molecule has 0 saturated heterocycles. The largest absolute Gasteiger partial charge is 0.468 e. The molecule has 0 aliphatic heterocycles. The average molecular weight is 392 g/mol. The van der Waals surface area contributed by atoms with Gasteiger partial charge in [-0.3, -0.25) is 9.59 Å². The van der Waals surface area contributed by atoms with Gasteiger partial charge in [-0.2, -0.15) is 0 Å². The van der Waals surface area contributed by atoms with Crippen LogP contribution in [-0.4, -0.2) is 26.2 Å². The summed E-state index contributed by atoms with van der Waals surface area (Å²) in [7, 11) is 2.61. The molecule has 29 heavy (non-hydrogen) atoms. The van der Waals surface area contributed by atoms with Crippen molar-refractivity contribution < 1.29 is 19.1 Å². The Balaban J connectivity index is 2.05. The van der Waals surface area contributed by atoms with Crippen LogP contribution in [0.25, 0.3) is 0 Å². The van der Waals surface area contributed by atoms with E-state index < -0.39 is 17.9 Å². The smallest absolute Gasteiger partial charge is 0.320 e. The van der Waals surface area contributed by atoms with Gasteiger partial charge in [-0.1, -0.05) is 78.7 Å². The van der Waals surface area contributed by atoms with Crippen LogP contribution in [0.1, 0.15) is 43.2 Å². The van der Waals surface area contributed by atoms with Gasteiger partial charge in [-0.25, -0.2) is 0 Å². The summed E-state index contributed by atoms with van der Waals surface area (Å²) < 4.78 is 9.75. The Morgan fingerprint density at radius 2 is 1.34 bits per heavy atom. The molecule has 3 rings (SSSR count). The number of rotatable bonds is 6. The topological polar surface area (TPSA) is 52.6 Å². The van der Waals surface area contributed by atoms with Gasteiger partial charge < -0.3 is 9.47 Å². The quantitative estimate of drug-likeness (QED) is 0.400. The van der Waals surface area contributed by atoms with Crippen molar-refractivity contribution in [3.05, 3.63) is 82.9 Å². The SMILES string of the molecule is COC(=O)C(CC1=C(C)[C@H](c2ccccc2)[C@@H](c2ccccc2)[C@H]1C)C(=O)OC. The Hall–Kier alpha value is -2.88. The van der Waals surface area contributed by atoms with Crippen LogP contribution in [0.2, 0.25) is 0 Å². The molecule has 0 aromatic heterocycles. The lowest BCUT2D eigenvalue weighted by Gasteiger charge is -2.26. The highest BCUT2D eigenvalue weighted by Crippen LogP contribution is 2.54. The molecule has 4 nitrogen and oxygen atoms in total. The number of ether oxygens (including phenoxy) is 2. The van der Waals surface area contributed by atoms with Crippen molar-refractivity contribution in [2.75, 3.05) is 14.2 Å². The van der Waals surface area contributed by atoms with E-state index in [-0.39, 0.29) is 17.8 Å². The molecule has 0 amide bonds. The van der Waals surface area contributed by atoms with Crippen LogP contribution in [0.4, 0.5) is 0 Å². The number of hydrogen-bond acceptors (Lipinski definition) is 4. The molecule has 1 aliphatic carbocycles. The molecule has 0 spiro atoms. The van der Waals surface area contributed by atoms with Gasteiger partial charge in [-0.15, -0.1) is 0 Å². The standard InChI is InChI=1S/C25H28O4/c1-16-20(15-21(24(26)28-3)25(27)29-4)17(2)23(19-13-9-6-10-14-19)22(16)18-11-7-5-8-12-18/h5-14,16,21-23H,15H2,1-4H3/t16-,22+,23+/m0/s1. The monoisotopic (exact) mass is 392 g/mol. The maximum Gasteiger partial charge on any atom is 0.320 e. The summed E-state index contributed by atoms with van der Waals surface area (Å²) in [5, 5.41) is 0. The third-order valence-corrected chi connectivity index (χ3v) is 6.16. The van der Waals surface area contributed by atoms with Crippen molar-refractivity contribution in [2.45, 2.75) is 32.1 Å². The lowest BCUT2D eigenvalue weighted by atomic mass is 9.77. The molecule has 0 unspecified atom stereocenters. The van der Waals surface area contributed by atoms with E-state index in [0.717, 1.165) is 5.57 Å². The van der Waals surface area contributed by atoms with Gasteiger partial charge in [0.25, 0.3) is 0 Å². The number of esters is 2. The fraction of sp³-hybridized carbons (Fsp3) is 0.360. The summed E-state index contributed by atoms with van der Waals surface area (Å²) in [6, 6.07) is 20.9. The van der Waals surface area contributed by atoms with E-state index in [2.05, 4.69) is 62.4 Å². The molecular formula is C25H28O4. The van der Waals surface area contributed by atoms with Gasteiger partial charge in [0.15, 0.2) is 5.92 Å². The van der Waals surface area contributed by atoms with E-state index >= 15 is 0 Å². The number of benzene rings is 2. The Bertz CT molecular complexity index is 870. The fourth-order valence-corrected chi connectivity index (χ4v) is 4.72. The summed E-state index contributed by atoms with van der Waals surface area (Å²) in [6.45, 7) is 4.31. The second kappa shape index (κ2) is 9.08. The second-order valence-electron chi connectivity index (χ2n) is 7.62. The lowest BCUT2D eigenvalue weighted by molar-refractivity contribution is -0.158. The first-order valence-corrected chi connectivity index (χ1v) is 9.94. The van der Waals surface area contributed by atoms with Gasteiger partial charge in [-0.05, 0) is 30.4 Å².